The Morgan fingerprint density at radius 1 is 1.07 bits per heavy atom. The Morgan fingerprint density at radius 3 is 2.37 bits per heavy atom. The van der Waals surface area contributed by atoms with Crippen LogP contribution in [0.15, 0.2) is 42.5 Å². The lowest BCUT2D eigenvalue weighted by molar-refractivity contribution is 0.0633. The average Bonchev–Trinajstić information content (AvgIpc) is 2.71. The van der Waals surface area contributed by atoms with E-state index in [1.54, 1.807) is 12.1 Å². The molecule has 2 amide bonds. The van der Waals surface area contributed by atoms with E-state index in [2.05, 4.69) is 11.4 Å². The lowest BCUT2D eigenvalue weighted by Crippen LogP contribution is -2.41. The maximum atomic E-state index is 12.9. The van der Waals surface area contributed by atoms with E-state index in [1.807, 2.05) is 56.9 Å². The number of hydrogen-bond donors (Lipinski definition) is 1. The molecule has 1 saturated heterocycles. The predicted octanol–water partition coefficient (Wildman–Crippen LogP) is 4.37. The number of ether oxygens (including phenoxy) is 1. The van der Waals surface area contributed by atoms with Gasteiger partial charge in [0.1, 0.15) is 5.75 Å². The van der Waals surface area contributed by atoms with Crippen LogP contribution in [0.2, 0.25) is 0 Å². The molecule has 0 saturated carbocycles. The number of nitrogens with one attached hydrogen (secondary N) is 1. The van der Waals surface area contributed by atoms with Gasteiger partial charge in [0.15, 0.2) is 0 Å². The molecule has 0 aliphatic carbocycles. The Balaban J connectivity index is 1.55. The number of carbonyl (C=O) groups excluding carboxylic acids is 2. The van der Waals surface area contributed by atoms with Gasteiger partial charge in [-0.2, -0.15) is 0 Å². The van der Waals surface area contributed by atoms with Crippen LogP contribution in [0.4, 0.5) is 0 Å². The number of likely N-dealkylation sites (tertiary alicyclic amines) is 1. The molecule has 1 atom stereocenters. The summed E-state index contributed by atoms with van der Waals surface area (Å²) in [5.74, 6) is 1.07. The zero-order chi connectivity index (χ0) is 21.7. The number of piperidine rings is 1. The Labute approximate surface area is 179 Å². The van der Waals surface area contributed by atoms with Crippen molar-refractivity contribution in [1.29, 1.82) is 0 Å². The minimum absolute atomic E-state index is 0.0793. The fourth-order valence-corrected chi connectivity index (χ4v) is 3.93. The van der Waals surface area contributed by atoms with Crippen LogP contribution < -0.4 is 10.1 Å². The summed E-state index contributed by atoms with van der Waals surface area (Å²) in [6.45, 7) is 9.99. The molecule has 0 bridgehead atoms. The highest BCUT2D eigenvalue weighted by Gasteiger charge is 2.25. The third-order valence-corrected chi connectivity index (χ3v) is 5.30. The quantitative estimate of drug-likeness (QED) is 0.772. The highest BCUT2D eigenvalue weighted by Crippen LogP contribution is 2.21. The summed E-state index contributed by atoms with van der Waals surface area (Å²) in [6.07, 6.45) is 2.03. The summed E-state index contributed by atoms with van der Waals surface area (Å²) in [6, 6.07) is 13.3. The van der Waals surface area contributed by atoms with E-state index >= 15 is 0 Å². The normalized spacial score (nSPS) is 16.4. The Kier molecular flexibility index (Phi) is 7.14. The molecular formula is C25H32N2O3. The first-order valence-corrected chi connectivity index (χ1v) is 10.7. The first kappa shape index (κ1) is 21.9. The summed E-state index contributed by atoms with van der Waals surface area (Å²) >= 11 is 0. The second-order valence-corrected chi connectivity index (χ2v) is 8.60. The number of hydrogen-bond acceptors (Lipinski definition) is 3. The van der Waals surface area contributed by atoms with Gasteiger partial charge in [-0.3, -0.25) is 9.59 Å². The molecule has 5 heteroatoms. The third-order valence-electron chi connectivity index (χ3n) is 5.30. The molecule has 3 rings (SSSR count). The molecule has 5 nitrogen and oxygen atoms in total. The van der Waals surface area contributed by atoms with Gasteiger partial charge in [-0.15, -0.1) is 0 Å². The molecule has 2 aromatic carbocycles. The molecule has 2 aromatic rings. The van der Waals surface area contributed by atoms with Gasteiger partial charge < -0.3 is 15.0 Å². The van der Waals surface area contributed by atoms with Gasteiger partial charge in [-0.05, 0) is 76.9 Å². The second kappa shape index (κ2) is 9.79. The van der Waals surface area contributed by atoms with Gasteiger partial charge >= 0.3 is 0 Å². The van der Waals surface area contributed by atoms with Crippen molar-refractivity contribution in [2.24, 2.45) is 5.92 Å². The minimum atomic E-state index is -0.0793. The van der Waals surface area contributed by atoms with Crippen molar-refractivity contribution in [2.45, 2.75) is 46.6 Å². The molecule has 0 spiro atoms. The van der Waals surface area contributed by atoms with E-state index < -0.39 is 0 Å². The van der Waals surface area contributed by atoms with Crippen molar-refractivity contribution >= 4 is 11.8 Å². The molecule has 1 aliphatic rings. The second-order valence-electron chi connectivity index (χ2n) is 8.60. The third kappa shape index (κ3) is 5.85. The first-order chi connectivity index (χ1) is 14.3. The van der Waals surface area contributed by atoms with Crippen molar-refractivity contribution in [3.63, 3.8) is 0 Å². The molecule has 30 heavy (non-hydrogen) atoms. The van der Waals surface area contributed by atoms with Crippen LogP contribution in [0.1, 0.15) is 58.5 Å². The monoisotopic (exact) mass is 408 g/mol. The van der Waals surface area contributed by atoms with E-state index in [0.29, 0.717) is 24.6 Å². The topological polar surface area (TPSA) is 58.6 Å². The summed E-state index contributed by atoms with van der Waals surface area (Å²) in [5.41, 5.74) is 3.62. The van der Waals surface area contributed by atoms with Crippen LogP contribution in [0.5, 0.6) is 5.75 Å². The number of nitrogens with zero attached hydrogens (tertiary/aromatic N) is 1. The molecule has 1 heterocycles. The SMILES string of the molecule is Cc1cc(C)cc(C(=O)N2CCC[C@H](COc3ccc(C(=O)NC(C)C)cc3)C2)c1. The fraction of sp³-hybridized carbons (Fsp3) is 0.440. The zero-order valence-corrected chi connectivity index (χ0v) is 18.4. The smallest absolute Gasteiger partial charge is 0.253 e. The van der Waals surface area contributed by atoms with Crippen LogP contribution in [0.3, 0.4) is 0 Å². The van der Waals surface area contributed by atoms with Crippen LogP contribution in [-0.2, 0) is 0 Å². The first-order valence-electron chi connectivity index (χ1n) is 10.7. The Hall–Kier alpha value is -2.82. The van der Waals surface area contributed by atoms with Crippen LogP contribution >= 0.6 is 0 Å². The van der Waals surface area contributed by atoms with Crippen LogP contribution in [0.25, 0.3) is 0 Å². The van der Waals surface area contributed by atoms with Crippen molar-refractivity contribution in [3.05, 3.63) is 64.7 Å². The van der Waals surface area contributed by atoms with Crippen molar-refractivity contribution in [2.75, 3.05) is 19.7 Å². The number of rotatable bonds is 6. The summed E-state index contributed by atoms with van der Waals surface area (Å²) in [4.78, 5) is 26.9. The van der Waals surface area contributed by atoms with Crippen molar-refractivity contribution < 1.29 is 14.3 Å². The fourth-order valence-electron chi connectivity index (χ4n) is 3.93. The van der Waals surface area contributed by atoms with Gasteiger partial charge in [0.25, 0.3) is 11.8 Å². The van der Waals surface area contributed by atoms with Gasteiger partial charge in [0, 0.05) is 36.2 Å². The molecule has 1 N–H and O–H groups in total. The molecule has 0 unspecified atom stereocenters. The lowest BCUT2D eigenvalue weighted by Gasteiger charge is -2.33. The molecule has 0 aromatic heterocycles. The highest BCUT2D eigenvalue weighted by atomic mass is 16.5. The number of aryl methyl sites for hydroxylation is 2. The maximum Gasteiger partial charge on any atom is 0.253 e. The minimum Gasteiger partial charge on any atom is -0.493 e. The van der Waals surface area contributed by atoms with E-state index in [-0.39, 0.29) is 17.9 Å². The van der Waals surface area contributed by atoms with E-state index in [0.717, 1.165) is 41.8 Å². The van der Waals surface area contributed by atoms with E-state index in [4.69, 9.17) is 4.74 Å². The van der Waals surface area contributed by atoms with Crippen molar-refractivity contribution in [1.82, 2.24) is 10.2 Å². The average molecular weight is 409 g/mol. The molecule has 0 radical (unpaired) electrons. The predicted molar refractivity (Wildman–Crippen MR) is 119 cm³/mol. The Bertz CT molecular complexity index is 870. The molecule has 1 fully saturated rings. The van der Waals surface area contributed by atoms with E-state index in [1.165, 1.54) is 0 Å². The molecule has 160 valence electrons. The van der Waals surface area contributed by atoms with Crippen LogP contribution in [-0.4, -0.2) is 42.5 Å². The summed E-state index contributed by atoms with van der Waals surface area (Å²) in [5, 5.41) is 2.88. The zero-order valence-electron chi connectivity index (χ0n) is 18.4. The highest BCUT2D eigenvalue weighted by molar-refractivity contribution is 5.95. The number of benzene rings is 2. The van der Waals surface area contributed by atoms with Gasteiger partial charge in [0.2, 0.25) is 0 Å². The van der Waals surface area contributed by atoms with E-state index in [9.17, 15) is 9.59 Å². The number of amides is 2. The van der Waals surface area contributed by atoms with Gasteiger partial charge in [-0.1, -0.05) is 17.2 Å². The van der Waals surface area contributed by atoms with Crippen molar-refractivity contribution in [3.8, 4) is 5.75 Å². The summed E-state index contributed by atoms with van der Waals surface area (Å²) < 4.78 is 5.96. The van der Waals surface area contributed by atoms with Gasteiger partial charge in [-0.25, -0.2) is 0 Å². The lowest BCUT2D eigenvalue weighted by atomic mass is 9.97. The largest absolute Gasteiger partial charge is 0.493 e. The number of carbonyl (C=O) groups is 2. The Morgan fingerprint density at radius 2 is 1.73 bits per heavy atom. The van der Waals surface area contributed by atoms with Gasteiger partial charge in [0.05, 0.1) is 6.61 Å². The molecular weight excluding hydrogens is 376 g/mol. The molecule has 1 aliphatic heterocycles. The van der Waals surface area contributed by atoms with Crippen LogP contribution in [0, 0.1) is 19.8 Å². The maximum absolute atomic E-state index is 12.9. The standard InChI is InChI=1S/C25H32N2O3/c1-17(2)26-24(28)21-7-9-23(10-8-21)30-16-20-6-5-11-27(15-20)25(29)22-13-18(3)12-19(4)14-22/h7-10,12-14,17,20H,5-6,11,15-16H2,1-4H3,(H,26,28)/t20-/m0/s1. The summed E-state index contributed by atoms with van der Waals surface area (Å²) in [7, 11) is 0.